The fourth-order valence-corrected chi connectivity index (χ4v) is 4.28. The third-order valence-corrected chi connectivity index (χ3v) is 6.11. The van der Waals surface area contributed by atoms with Crippen molar-refractivity contribution >= 4 is 39.9 Å². The molecule has 5 rings (SSSR count). The van der Waals surface area contributed by atoms with Crippen molar-refractivity contribution in [1.29, 1.82) is 0 Å². The summed E-state index contributed by atoms with van der Waals surface area (Å²) in [6, 6.07) is 10.2. The summed E-state index contributed by atoms with van der Waals surface area (Å²) in [6.45, 7) is 2.59. The van der Waals surface area contributed by atoms with Crippen molar-refractivity contribution < 1.29 is 32.8 Å². The number of non-ortho nitro benzene ring substituents is 1. The van der Waals surface area contributed by atoms with Crippen LogP contribution in [0.15, 0.2) is 46.9 Å². The number of nitrogens with one attached hydrogen (secondary N) is 1. The molecule has 2 fully saturated rings. The summed E-state index contributed by atoms with van der Waals surface area (Å²) in [5.41, 5.74) is 1.14. The maximum absolute atomic E-state index is 14.8. The quantitative estimate of drug-likeness (QED) is 0.283. The van der Waals surface area contributed by atoms with Crippen molar-refractivity contribution in [2.45, 2.75) is 6.10 Å². The molecule has 3 aromatic rings. The molecule has 1 atom stereocenters. The van der Waals surface area contributed by atoms with Crippen LogP contribution in [0.5, 0.6) is 0 Å². The number of carbonyl (C=O) groups excluding carboxylic acids is 2. The first-order chi connectivity index (χ1) is 17.4. The van der Waals surface area contributed by atoms with E-state index >= 15 is 0 Å². The van der Waals surface area contributed by atoms with E-state index in [0.29, 0.717) is 48.6 Å². The van der Waals surface area contributed by atoms with Crippen LogP contribution in [0, 0.1) is 15.9 Å². The highest BCUT2D eigenvalue weighted by Gasteiger charge is 2.33. The van der Waals surface area contributed by atoms with Gasteiger partial charge in [0.15, 0.2) is 5.76 Å². The van der Waals surface area contributed by atoms with Crippen LogP contribution >= 0.6 is 0 Å². The highest BCUT2D eigenvalue weighted by Crippen LogP contribution is 2.28. The van der Waals surface area contributed by atoms with E-state index in [1.807, 2.05) is 4.90 Å². The molecule has 2 aliphatic heterocycles. The maximum Gasteiger partial charge on any atom is 0.414 e. The lowest BCUT2D eigenvalue weighted by molar-refractivity contribution is -0.384. The molecule has 2 aliphatic rings. The molecule has 11 nitrogen and oxygen atoms in total. The minimum Gasteiger partial charge on any atom is -0.453 e. The van der Waals surface area contributed by atoms with Gasteiger partial charge in [0.1, 0.15) is 17.5 Å². The summed E-state index contributed by atoms with van der Waals surface area (Å²) >= 11 is 0. The van der Waals surface area contributed by atoms with E-state index in [-0.39, 0.29) is 36.9 Å². The van der Waals surface area contributed by atoms with Gasteiger partial charge in [-0.3, -0.25) is 19.8 Å². The number of benzene rings is 2. The lowest BCUT2D eigenvalue weighted by Crippen LogP contribution is -2.36. The minimum absolute atomic E-state index is 0.0684. The van der Waals surface area contributed by atoms with Crippen molar-refractivity contribution in [3.05, 3.63) is 64.2 Å². The number of carbonyl (C=O) groups is 2. The molecule has 0 spiro atoms. The number of Topliss-reactive ketones (excluding diaryl/α,β-unsaturated/α-hetero) is 1. The number of nitro benzene ring substituents is 1. The van der Waals surface area contributed by atoms with Crippen LogP contribution in [-0.4, -0.2) is 68.8 Å². The van der Waals surface area contributed by atoms with E-state index in [4.69, 9.17) is 13.9 Å². The van der Waals surface area contributed by atoms with Gasteiger partial charge >= 0.3 is 6.09 Å². The van der Waals surface area contributed by atoms with E-state index < -0.39 is 22.9 Å². The predicted molar refractivity (Wildman–Crippen MR) is 127 cm³/mol. The third-order valence-electron chi connectivity index (χ3n) is 6.11. The van der Waals surface area contributed by atoms with Crippen molar-refractivity contribution in [3.8, 4) is 0 Å². The fraction of sp³-hybridized carbons (Fsp3) is 0.333. The summed E-state index contributed by atoms with van der Waals surface area (Å²) in [5, 5.41) is 14.3. The Morgan fingerprint density at radius 3 is 2.72 bits per heavy atom. The van der Waals surface area contributed by atoms with Gasteiger partial charge in [-0.2, -0.15) is 0 Å². The first-order valence-corrected chi connectivity index (χ1v) is 11.4. The molecule has 3 heterocycles. The molecule has 1 aromatic heterocycles. The van der Waals surface area contributed by atoms with Crippen LogP contribution in [0.1, 0.15) is 10.6 Å². The SMILES string of the molecule is O=C(CNC[C@H]1CN(c2ccc(N3CCOCC3)c(F)c2)C(=O)O1)c1cc2cc([N+](=O)[O-])ccc2o1. The second-order valence-electron chi connectivity index (χ2n) is 8.50. The minimum atomic E-state index is -0.592. The number of anilines is 2. The number of hydrogen-bond acceptors (Lipinski definition) is 9. The number of morpholine rings is 1. The third kappa shape index (κ3) is 4.86. The van der Waals surface area contributed by atoms with Crippen LogP contribution in [0.4, 0.5) is 26.2 Å². The van der Waals surface area contributed by atoms with Crippen molar-refractivity contribution in [2.75, 3.05) is 55.7 Å². The van der Waals surface area contributed by atoms with Gasteiger partial charge in [0.2, 0.25) is 5.78 Å². The number of ether oxygens (including phenoxy) is 2. The number of hydrogen-bond donors (Lipinski definition) is 1. The maximum atomic E-state index is 14.8. The van der Waals surface area contributed by atoms with Crippen LogP contribution in [0.25, 0.3) is 11.0 Å². The van der Waals surface area contributed by atoms with Gasteiger partial charge in [-0.15, -0.1) is 0 Å². The zero-order valence-corrected chi connectivity index (χ0v) is 19.1. The normalized spacial score (nSPS) is 18.0. The molecular formula is C24H23FN4O7. The highest BCUT2D eigenvalue weighted by molar-refractivity contribution is 5.99. The van der Waals surface area contributed by atoms with E-state index in [2.05, 4.69) is 5.32 Å². The molecule has 36 heavy (non-hydrogen) atoms. The molecular weight excluding hydrogens is 475 g/mol. The lowest BCUT2D eigenvalue weighted by atomic mass is 10.2. The number of amides is 1. The Labute approximate surface area is 204 Å². The molecule has 0 bridgehead atoms. The Balaban J connectivity index is 1.16. The Hall–Kier alpha value is -4.03. The number of cyclic esters (lactones) is 1. The largest absolute Gasteiger partial charge is 0.453 e. The van der Waals surface area contributed by atoms with E-state index in [1.165, 1.54) is 35.2 Å². The monoisotopic (exact) mass is 498 g/mol. The van der Waals surface area contributed by atoms with Gasteiger partial charge in [0.25, 0.3) is 5.69 Å². The van der Waals surface area contributed by atoms with Gasteiger partial charge in [-0.1, -0.05) is 0 Å². The fourth-order valence-electron chi connectivity index (χ4n) is 4.28. The number of nitrogens with zero attached hydrogens (tertiary/aromatic N) is 3. The zero-order valence-electron chi connectivity index (χ0n) is 19.1. The molecule has 2 saturated heterocycles. The van der Waals surface area contributed by atoms with Crippen molar-refractivity contribution in [1.82, 2.24) is 5.32 Å². The van der Waals surface area contributed by atoms with Crippen LogP contribution in [0.2, 0.25) is 0 Å². The molecule has 0 aliphatic carbocycles. The van der Waals surface area contributed by atoms with E-state index in [0.717, 1.165) is 0 Å². The first kappa shape index (κ1) is 23.7. The average molecular weight is 498 g/mol. The van der Waals surface area contributed by atoms with E-state index in [1.54, 1.807) is 12.1 Å². The van der Waals surface area contributed by atoms with Crippen LogP contribution < -0.4 is 15.1 Å². The molecule has 1 N–H and O–H groups in total. The number of furan rings is 1. The van der Waals surface area contributed by atoms with Gasteiger partial charge in [-0.25, -0.2) is 9.18 Å². The summed E-state index contributed by atoms with van der Waals surface area (Å²) in [6.07, 6.45) is -1.13. The second kappa shape index (κ2) is 9.91. The number of rotatable bonds is 8. The molecule has 12 heteroatoms. The molecule has 2 aromatic carbocycles. The highest BCUT2D eigenvalue weighted by atomic mass is 19.1. The topological polar surface area (TPSA) is 127 Å². The van der Waals surface area contributed by atoms with Crippen LogP contribution in [-0.2, 0) is 9.47 Å². The number of ketones is 1. The molecule has 188 valence electrons. The summed E-state index contributed by atoms with van der Waals surface area (Å²) < 4.78 is 30.9. The Kier molecular flexibility index (Phi) is 6.53. The Bertz CT molecular complexity index is 1320. The molecule has 0 radical (unpaired) electrons. The molecule has 0 unspecified atom stereocenters. The number of nitro groups is 1. The summed E-state index contributed by atoms with van der Waals surface area (Å²) in [7, 11) is 0. The summed E-state index contributed by atoms with van der Waals surface area (Å²) in [5.74, 6) is -0.708. The Morgan fingerprint density at radius 2 is 1.97 bits per heavy atom. The first-order valence-electron chi connectivity index (χ1n) is 11.4. The second-order valence-corrected chi connectivity index (χ2v) is 8.50. The van der Waals surface area contributed by atoms with Gasteiger partial charge < -0.3 is 24.1 Å². The smallest absolute Gasteiger partial charge is 0.414 e. The molecule has 0 saturated carbocycles. The Morgan fingerprint density at radius 1 is 1.17 bits per heavy atom. The zero-order chi connectivity index (χ0) is 25.2. The number of fused-ring (bicyclic) bond motifs is 1. The van der Waals surface area contributed by atoms with Crippen molar-refractivity contribution in [2.24, 2.45) is 0 Å². The van der Waals surface area contributed by atoms with Gasteiger partial charge in [0.05, 0.1) is 42.6 Å². The van der Waals surface area contributed by atoms with Gasteiger partial charge in [0, 0.05) is 37.2 Å². The summed E-state index contributed by atoms with van der Waals surface area (Å²) in [4.78, 5) is 38.5. The molecule has 1 amide bonds. The lowest BCUT2D eigenvalue weighted by Gasteiger charge is -2.29. The standard InChI is InChI=1S/C24H23FN4O7/c25-19-11-16(1-3-20(19)27-5-7-34-8-6-27)28-14-18(35-24(28)31)12-26-13-21(30)23-10-15-9-17(29(32)33)2-4-22(15)36-23/h1-4,9-11,18,26H,5-8,12-14H2/t18-/m0/s1. The number of halogens is 1. The van der Waals surface area contributed by atoms with Gasteiger partial charge in [-0.05, 0) is 30.3 Å². The van der Waals surface area contributed by atoms with Crippen LogP contribution in [0.3, 0.4) is 0 Å². The predicted octanol–water partition coefficient (Wildman–Crippen LogP) is 3.11. The van der Waals surface area contributed by atoms with Crippen molar-refractivity contribution in [3.63, 3.8) is 0 Å². The van der Waals surface area contributed by atoms with E-state index in [9.17, 15) is 24.1 Å². The average Bonchev–Trinajstić information content (AvgIpc) is 3.47.